The summed E-state index contributed by atoms with van der Waals surface area (Å²) in [7, 11) is 0. The van der Waals surface area contributed by atoms with Gasteiger partial charge in [-0.1, -0.05) is 57.9 Å². The predicted octanol–water partition coefficient (Wildman–Crippen LogP) is 5.05. The van der Waals surface area contributed by atoms with Crippen molar-refractivity contribution in [2.75, 3.05) is 32.7 Å². The monoisotopic (exact) mass is 358 g/mol. The highest BCUT2D eigenvalue weighted by Gasteiger charge is 2.20. The third-order valence-corrected chi connectivity index (χ3v) is 4.88. The van der Waals surface area contributed by atoms with E-state index >= 15 is 0 Å². The fourth-order valence-corrected chi connectivity index (χ4v) is 3.33. The lowest BCUT2D eigenvalue weighted by Gasteiger charge is -2.29. The maximum atomic E-state index is 12.4. The molecule has 4 heteroatoms. The van der Waals surface area contributed by atoms with Gasteiger partial charge in [-0.3, -0.25) is 9.69 Å². The molecule has 0 unspecified atom stereocenters. The molecular weight excluding hydrogens is 320 g/mol. The van der Waals surface area contributed by atoms with Gasteiger partial charge in [0.25, 0.3) is 5.91 Å². The van der Waals surface area contributed by atoms with Crippen molar-refractivity contribution in [1.82, 2.24) is 9.80 Å². The molecule has 1 amide bonds. The number of rotatable bonds is 12. The summed E-state index contributed by atoms with van der Waals surface area (Å²) in [4.78, 5) is 16.8. The molecule has 1 heterocycles. The highest BCUT2D eigenvalue weighted by Crippen LogP contribution is 2.14. The van der Waals surface area contributed by atoms with Crippen molar-refractivity contribution in [3.8, 4) is 0 Å². The Labute approximate surface area is 156 Å². The Kier molecular flexibility index (Phi) is 14.4. The Morgan fingerprint density at radius 3 is 2.17 bits per heavy atom. The molecule has 0 atom stereocenters. The van der Waals surface area contributed by atoms with E-state index in [2.05, 4.69) is 31.7 Å². The molecule has 0 bridgehead atoms. The first-order valence-electron chi connectivity index (χ1n) is 9.93. The first-order chi connectivity index (χ1) is 11.2. The second-order valence-electron chi connectivity index (χ2n) is 6.75. The second-order valence-corrected chi connectivity index (χ2v) is 6.75. The summed E-state index contributed by atoms with van der Waals surface area (Å²) in [6, 6.07) is 0. The highest BCUT2D eigenvalue weighted by molar-refractivity contribution is 5.94. The van der Waals surface area contributed by atoms with Gasteiger partial charge in [0.15, 0.2) is 0 Å². The van der Waals surface area contributed by atoms with Gasteiger partial charge in [-0.05, 0) is 33.2 Å². The Hall–Kier alpha value is -0.540. The van der Waals surface area contributed by atoms with Gasteiger partial charge < -0.3 is 4.90 Å². The van der Waals surface area contributed by atoms with Gasteiger partial charge in [0.2, 0.25) is 0 Å². The molecule has 1 aliphatic heterocycles. The number of hydrogen-bond acceptors (Lipinski definition) is 2. The number of likely N-dealkylation sites (N-methyl/N-ethyl adjacent to an activating group) is 1. The molecule has 142 valence electrons. The fraction of sp³-hybridized carbons (Fsp3) is 0.850. The molecule has 1 aliphatic rings. The molecule has 3 nitrogen and oxygen atoms in total. The van der Waals surface area contributed by atoms with Crippen LogP contribution in [0, 0.1) is 0 Å². The number of unbranched alkanes of at least 4 members (excludes halogenated alkanes) is 7. The van der Waals surface area contributed by atoms with Crippen molar-refractivity contribution in [2.24, 2.45) is 0 Å². The number of halogens is 1. The minimum absolute atomic E-state index is 0. The van der Waals surface area contributed by atoms with Gasteiger partial charge in [-0.25, -0.2) is 0 Å². The Morgan fingerprint density at radius 1 is 1.00 bits per heavy atom. The van der Waals surface area contributed by atoms with E-state index in [0.717, 1.165) is 44.7 Å². The predicted molar refractivity (Wildman–Crippen MR) is 107 cm³/mol. The first kappa shape index (κ1) is 23.5. The molecule has 0 radical (unpaired) electrons. The van der Waals surface area contributed by atoms with E-state index in [-0.39, 0.29) is 18.3 Å². The summed E-state index contributed by atoms with van der Waals surface area (Å²) in [6.45, 7) is 11.1. The van der Waals surface area contributed by atoms with Crippen LogP contribution >= 0.6 is 12.4 Å². The zero-order valence-corrected chi connectivity index (χ0v) is 17.0. The minimum Gasteiger partial charge on any atom is -0.339 e. The van der Waals surface area contributed by atoms with E-state index in [4.69, 9.17) is 0 Å². The molecule has 0 N–H and O–H groups in total. The van der Waals surface area contributed by atoms with Gasteiger partial charge in [0.1, 0.15) is 0 Å². The maximum absolute atomic E-state index is 12.4. The van der Waals surface area contributed by atoms with Crippen LogP contribution in [0.4, 0.5) is 0 Å². The van der Waals surface area contributed by atoms with E-state index in [1.165, 1.54) is 51.4 Å². The fourth-order valence-electron chi connectivity index (χ4n) is 3.33. The normalized spacial score (nSPS) is 14.9. The summed E-state index contributed by atoms with van der Waals surface area (Å²) < 4.78 is 0. The Balaban J connectivity index is 0.00000529. The third-order valence-electron chi connectivity index (χ3n) is 4.88. The summed E-state index contributed by atoms with van der Waals surface area (Å²) in [6.07, 6.45) is 14.1. The number of carbonyl (C=O) groups excluding carboxylic acids is 1. The lowest BCUT2D eigenvalue weighted by molar-refractivity contribution is -0.127. The summed E-state index contributed by atoms with van der Waals surface area (Å²) >= 11 is 0. The highest BCUT2D eigenvalue weighted by atomic mass is 35.5. The lowest BCUT2D eigenvalue weighted by atomic mass is 10.1. The molecule has 0 aromatic rings. The van der Waals surface area contributed by atoms with Gasteiger partial charge >= 0.3 is 0 Å². The van der Waals surface area contributed by atoms with Crippen LogP contribution in [0.3, 0.4) is 0 Å². The standard InChI is InChI=1S/C20H38N2O.ClH/c1-4-7-8-9-10-11-12-13-16-21-17-14-15-19(18-21)20(23)22(5-2)6-3;/h15H,4-14,16-18H2,1-3H3;1H. The minimum atomic E-state index is 0. The molecule has 0 fully saturated rings. The molecule has 0 aromatic heterocycles. The molecule has 24 heavy (non-hydrogen) atoms. The average Bonchev–Trinajstić information content (AvgIpc) is 2.58. The molecule has 1 rings (SSSR count). The van der Waals surface area contributed by atoms with E-state index in [1.54, 1.807) is 0 Å². The quantitative estimate of drug-likeness (QED) is 0.456. The molecule has 0 saturated carbocycles. The Morgan fingerprint density at radius 2 is 1.58 bits per heavy atom. The Bertz CT molecular complexity index is 354. The molecule has 0 aromatic carbocycles. The van der Waals surface area contributed by atoms with E-state index < -0.39 is 0 Å². The molecule has 0 saturated heterocycles. The third kappa shape index (κ3) is 9.08. The van der Waals surface area contributed by atoms with Crippen molar-refractivity contribution in [1.29, 1.82) is 0 Å². The van der Waals surface area contributed by atoms with Crippen molar-refractivity contribution in [2.45, 2.75) is 78.6 Å². The number of carbonyl (C=O) groups is 1. The van der Waals surface area contributed by atoms with Crippen LogP contribution < -0.4 is 0 Å². The summed E-state index contributed by atoms with van der Waals surface area (Å²) in [5, 5.41) is 0. The van der Waals surface area contributed by atoms with Crippen LogP contribution in [0.15, 0.2) is 11.6 Å². The van der Waals surface area contributed by atoms with Crippen LogP contribution in [-0.4, -0.2) is 48.4 Å². The van der Waals surface area contributed by atoms with E-state index in [9.17, 15) is 4.79 Å². The lowest BCUT2D eigenvalue weighted by Crippen LogP contribution is -2.39. The first-order valence-corrected chi connectivity index (χ1v) is 9.93. The van der Waals surface area contributed by atoms with Crippen molar-refractivity contribution >= 4 is 18.3 Å². The van der Waals surface area contributed by atoms with Crippen LogP contribution in [0.1, 0.15) is 78.6 Å². The second kappa shape index (κ2) is 14.8. The van der Waals surface area contributed by atoms with E-state index in [1.807, 2.05) is 4.90 Å². The number of hydrogen-bond donors (Lipinski definition) is 0. The van der Waals surface area contributed by atoms with Crippen LogP contribution in [-0.2, 0) is 4.79 Å². The SMILES string of the molecule is CCCCCCCCCCN1CCC=C(C(=O)N(CC)CC)C1.Cl. The average molecular weight is 359 g/mol. The van der Waals surface area contributed by atoms with Gasteiger partial charge in [-0.2, -0.15) is 0 Å². The maximum Gasteiger partial charge on any atom is 0.250 e. The van der Waals surface area contributed by atoms with Crippen LogP contribution in [0.25, 0.3) is 0 Å². The zero-order chi connectivity index (χ0) is 16.9. The molecule has 0 aliphatic carbocycles. The van der Waals surface area contributed by atoms with E-state index in [0.29, 0.717) is 0 Å². The smallest absolute Gasteiger partial charge is 0.250 e. The van der Waals surface area contributed by atoms with Crippen molar-refractivity contribution in [3.63, 3.8) is 0 Å². The van der Waals surface area contributed by atoms with Gasteiger partial charge in [0.05, 0.1) is 0 Å². The summed E-state index contributed by atoms with van der Waals surface area (Å²) in [5.74, 6) is 0.246. The largest absolute Gasteiger partial charge is 0.339 e. The van der Waals surface area contributed by atoms with Crippen molar-refractivity contribution < 1.29 is 4.79 Å². The molecule has 0 spiro atoms. The number of amides is 1. The van der Waals surface area contributed by atoms with Crippen LogP contribution in [0.5, 0.6) is 0 Å². The topological polar surface area (TPSA) is 23.6 Å². The van der Waals surface area contributed by atoms with Gasteiger partial charge in [-0.15, -0.1) is 12.4 Å². The van der Waals surface area contributed by atoms with Crippen molar-refractivity contribution in [3.05, 3.63) is 11.6 Å². The van der Waals surface area contributed by atoms with Gasteiger partial charge in [0, 0.05) is 31.8 Å². The zero-order valence-electron chi connectivity index (χ0n) is 16.2. The molecular formula is C20H39ClN2O. The number of nitrogens with zero attached hydrogens (tertiary/aromatic N) is 2. The summed E-state index contributed by atoms with van der Waals surface area (Å²) in [5.41, 5.74) is 1.01. The van der Waals surface area contributed by atoms with Crippen LogP contribution in [0.2, 0.25) is 0 Å².